The van der Waals surface area contributed by atoms with E-state index in [1.807, 2.05) is 12.3 Å². The van der Waals surface area contributed by atoms with Crippen molar-refractivity contribution >= 4 is 5.82 Å². The Morgan fingerprint density at radius 3 is 3.13 bits per heavy atom. The van der Waals surface area contributed by atoms with Crippen molar-refractivity contribution in [1.82, 2.24) is 10.2 Å². The lowest BCUT2D eigenvalue weighted by Crippen LogP contribution is -2.40. The molecule has 1 aliphatic rings. The van der Waals surface area contributed by atoms with Gasteiger partial charge in [0.2, 0.25) is 0 Å². The first kappa shape index (κ1) is 10.5. The van der Waals surface area contributed by atoms with E-state index >= 15 is 0 Å². The van der Waals surface area contributed by atoms with Gasteiger partial charge in [-0.15, -0.1) is 0 Å². The fourth-order valence-electron chi connectivity index (χ4n) is 2.45. The van der Waals surface area contributed by atoms with Gasteiger partial charge in [0.15, 0.2) is 0 Å². The molecule has 2 atom stereocenters. The summed E-state index contributed by atoms with van der Waals surface area (Å²) in [5.41, 5.74) is 5.83. The number of aromatic nitrogens is 2. The van der Waals surface area contributed by atoms with E-state index in [-0.39, 0.29) is 0 Å². The van der Waals surface area contributed by atoms with E-state index in [1.54, 1.807) is 0 Å². The molecule has 1 fully saturated rings. The number of rotatable bonds is 2. The summed E-state index contributed by atoms with van der Waals surface area (Å²) < 4.78 is 0. The van der Waals surface area contributed by atoms with Crippen LogP contribution in [0.25, 0.3) is 0 Å². The van der Waals surface area contributed by atoms with E-state index in [2.05, 4.69) is 22.0 Å². The van der Waals surface area contributed by atoms with Gasteiger partial charge in [0.05, 0.1) is 6.20 Å². The van der Waals surface area contributed by atoms with Crippen LogP contribution in [0.5, 0.6) is 0 Å². The Kier molecular flexibility index (Phi) is 3.26. The number of aromatic amines is 1. The maximum atomic E-state index is 5.83. The lowest BCUT2D eigenvalue weighted by Gasteiger charge is -2.32. The lowest BCUT2D eigenvalue weighted by atomic mass is 9.96. The van der Waals surface area contributed by atoms with Crippen LogP contribution in [0, 0.1) is 5.92 Å². The average Bonchev–Trinajstić information content (AvgIpc) is 2.70. The number of nitrogens with two attached hydrogens (primary N) is 1. The minimum absolute atomic E-state index is 0.512. The van der Waals surface area contributed by atoms with Crippen LogP contribution in [-0.2, 0) is 0 Å². The maximum Gasteiger partial charge on any atom is 0.124 e. The summed E-state index contributed by atoms with van der Waals surface area (Å²) in [7, 11) is 0. The molecule has 0 spiro atoms. The quantitative estimate of drug-likeness (QED) is 0.771. The SMILES string of the molecule is C[C@@H]1[C@@H](CN)CCCCN1c1ccn[nH]1. The fraction of sp³-hybridized carbons (Fsp3) is 0.727. The van der Waals surface area contributed by atoms with Crippen LogP contribution >= 0.6 is 0 Å². The third kappa shape index (κ3) is 2.15. The summed E-state index contributed by atoms with van der Waals surface area (Å²) in [4.78, 5) is 2.40. The predicted molar refractivity (Wildman–Crippen MR) is 61.8 cm³/mol. The molecule has 15 heavy (non-hydrogen) atoms. The molecule has 1 saturated heterocycles. The first-order valence-electron chi connectivity index (χ1n) is 5.79. The van der Waals surface area contributed by atoms with Gasteiger partial charge < -0.3 is 10.6 Å². The van der Waals surface area contributed by atoms with Gasteiger partial charge in [-0.05, 0) is 32.2 Å². The molecule has 4 nitrogen and oxygen atoms in total. The van der Waals surface area contributed by atoms with Gasteiger partial charge in [-0.25, -0.2) is 0 Å². The predicted octanol–water partition coefficient (Wildman–Crippen LogP) is 1.36. The third-order valence-corrected chi connectivity index (χ3v) is 3.50. The Balaban J connectivity index is 2.15. The molecular weight excluding hydrogens is 188 g/mol. The summed E-state index contributed by atoms with van der Waals surface area (Å²) in [6, 6.07) is 2.55. The van der Waals surface area contributed by atoms with Crippen molar-refractivity contribution in [3.05, 3.63) is 12.3 Å². The first-order valence-corrected chi connectivity index (χ1v) is 5.79. The minimum Gasteiger partial charge on any atom is -0.354 e. The Bertz CT molecular complexity index is 283. The van der Waals surface area contributed by atoms with E-state index in [4.69, 9.17) is 5.73 Å². The van der Waals surface area contributed by atoms with E-state index < -0.39 is 0 Å². The van der Waals surface area contributed by atoms with E-state index in [1.165, 1.54) is 19.3 Å². The standard InChI is InChI=1S/C11H20N4/c1-9-10(8-12)4-2-3-7-15(9)11-5-6-13-14-11/h5-6,9-10H,2-4,7-8,12H2,1H3,(H,13,14)/t9-,10-/m1/s1. The third-order valence-electron chi connectivity index (χ3n) is 3.50. The highest BCUT2D eigenvalue weighted by atomic mass is 15.3. The van der Waals surface area contributed by atoms with E-state index in [9.17, 15) is 0 Å². The molecule has 0 unspecified atom stereocenters. The van der Waals surface area contributed by atoms with Crippen molar-refractivity contribution in [3.63, 3.8) is 0 Å². The van der Waals surface area contributed by atoms with E-state index in [0.717, 1.165) is 18.9 Å². The van der Waals surface area contributed by atoms with Gasteiger partial charge in [-0.3, -0.25) is 5.10 Å². The van der Waals surface area contributed by atoms with Gasteiger partial charge in [-0.2, -0.15) is 5.10 Å². The number of hydrogen-bond acceptors (Lipinski definition) is 3. The maximum absolute atomic E-state index is 5.83. The van der Waals surface area contributed by atoms with Crippen LogP contribution in [-0.4, -0.2) is 29.3 Å². The number of nitrogens with one attached hydrogen (secondary N) is 1. The van der Waals surface area contributed by atoms with Crippen LogP contribution in [0.1, 0.15) is 26.2 Å². The van der Waals surface area contributed by atoms with Crippen LogP contribution in [0.2, 0.25) is 0 Å². The van der Waals surface area contributed by atoms with Crippen molar-refractivity contribution < 1.29 is 0 Å². The number of hydrogen-bond donors (Lipinski definition) is 2. The summed E-state index contributed by atoms with van der Waals surface area (Å²) in [6.45, 7) is 4.16. The molecule has 1 aromatic rings. The molecule has 2 rings (SSSR count). The second-order valence-corrected chi connectivity index (χ2v) is 4.37. The Hall–Kier alpha value is -1.03. The summed E-state index contributed by atoms with van der Waals surface area (Å²) >= 11 is 0. The monoisotopic (exact) mass is 208 g/mol. The molecule has 4 heteroatoms. The highest BCUT2D eigenvalue weighted by Gasteiger charge is 2.25. The van der Waals surface area contributed by atoms with Crippen molar-refractivity contribution in [3.8, 4) is 0 Å². The smallest absolute Gasteiger partial charge is 0.124 e. The number of H-pyrrole nitrogens is 1. The molecule has 2 heterocycles. The normalized spacial score (nSPS) is 27.7. The van der Waals surface area contributed by atoms with Gasteiger partial charge in [-0.1, -0.05) is 6.42 Å². The zero-order valence-electron chi connectivity index (χ0n) is 9.32. The van der Waals surface area contributed by atoms with E-state index in [0.29, 0.717) is 12.0 Å². The molecule has 0 aromatic carbocycles. The molecular formula is C11H20N4. The Morgan fingerprint density at radius 1 is 1.60 bits per heavy atom. The lowest BCUT2D eigenvalue weighted by molar-refractivity contribution is 0.422. The average molecular weight is 208 g/mol. The van der Waals surface area contributed by atoms with Gasteiger partial charge in [0.25, 0.3) is 0 Å². The molecule has 0 saturated carbocycles. The summed E-state index contributed by atoms with van der Waals surface area (Å²) in [6.07, 6.45) is 5.60. The van der Waals surface area contributed by atoms with Crippen LogP contribution in [0.3, 0.4) is 0 Å². The first-order chi connectivity index (χ1) is 7.33. The van der Waals surface area contributed by atoms with Gasteiger partial charge in [0, 0.05) is 18.7 Å². The second kappa shape index (κ2) is 4.66. The topological polar surface area (TPSA) is 57.9 Å². The zero-order valence-corrected chi connectivity index (χ0v) is 9.32. The van der Waals surface area contributed by atoms with Crippen molar-refractivity contribution in [1.29, 1.82) is 0 Å². The Labute approximate surface area is 90.8 Å². The number of anilines is 1. The van der Waals surface area contributed by atoms with Crippen molar-refractivity contribution in [2.75, 3.05) is 18.0 Å². The fourth-order valence-corrected chi connectivity index (χ4v) is 2.45. The molecule has 0 aliphatic carbocycles. The highest BCUT2D eigenvalue weighted by molar-refractivity contribution is 5.38. The van der Waals surface area contributed by atoms with Crippen molar-refractivity contribution in [2.24, 2.45) is 11.7 Å². The van der Waals surface area contributed by atoms with Gasteiger partial charge in [0.1, 0.15) is 5.82 Å². The molecule has 0 amide bonds. The Morgan fingerprint density at radius 2 is 2.47 bits per heavy atom. The molecule has 3 N–H and O–H groups in total. The zero-order chi connectivity index (χ0) is 10.7. The highest BCUT2D eigenvalue weighted by Crippen LogP contribution is 2.25. The molecule has 1 aliphatic heterocycles. The summed E-state index contributed by atoms with van der Waals surface area (Å²) in [5, 5.41) is 7.06. The van der Waals surface area contributed by atoms with Crippen LogP contribution in [0.15, 0.2) is 12.3 Å². The van der Waals surface area contributed by atoms with Crippen LogP contribution < -0.4 is 10.6 Å². The minimum atomic E-state index is 0.512. The number of nitrogens with zero attached hydrogens (tertiary/aromatic N) is 2. The van der Waals surface area contributed by atoms with Crippen LogP contribution in [0.4, 0.5) is 5.82 Å². The molecule has 0 bridgehead atoms. The molecule has 0 radical (unpaired) electrons. The largest absolute Gasteiger partial charge is 0.354 e. The van der Waals surface area contributed by atoms with Gasteiger partial charge >= 0.3 is 0 Å². The second-order valence-electron chi connectivity index (χ2n) is 4.37. The molecule has 1 aromatic heterocycles. The van der Waals surface area contributed by atoms with Crippen molar-refractivity contribution in [2.45, 2.75) is 32.2 Å². The summed E-state index contributed by atoms with van der Waals surface area (Å²) in [5.74, 6) is 1.73. The molecule has 84 valence electrons.